The minimum absolute atomic E-state index is 0.172. The lowest BCUT2D eigenvalue weighted by Gasteiger charge is -2.33. The fraction of sp³-hybridized carbons (Fsp3) is 0.200. The normalized spacial score (nSPS) is 16.8. The standard InChI is InChI=1S/C25H25N3O3/c1-18-23(24(29)28(27(18)4)20-13-9-6-10-14-20)26-16-15-21-17-22(31-25(2,3)30-21)19-11-7-5-8-12-19/h5-17H,1-4H3/b21-15-,26-16?. The molecule has 6 heteroatoms. The van der Waals surface area contributed by atoms with Crippen molar-refractivity contribution >= 4 is 17.7 Å². The highest BCUT2D eigenvalue weighted by Gasteiger charge is 2.28. The molecule has 0 atom stereocenters. The Hall–Kier alpha value is -3.80. The molecule has 2 aromatic carbocycles. The molecule has 0 aliphatic carbocycles. The van der Waals surface area contributed by atoms with Crippen LogP contribution in [0.25, 0.3) is 11.4 Å². The zero-order valence-corrected chi connectivity index (χ0v) is 18.1. The minimum atomic E-state index is -0.817. The minimum Gasteiger partial charge on any atom is -0.453 e. The maximum absolute atomic E-state index is 13.0. The maximum atomic E-state index is 13.0. The van der Waals surface area contributed by atoms with Gasteiger partial charge in [-0.1, -0.05) is 48.5 Å². The average molecular weight is 415 g/mol. The first-order valence-corrected chi connectivity index (χ1v) is 10.1. The summed E-state index contributed by atoms with van der Waals surface area (Å²) in [5, 5.41) is 0. The molecular weight excluding hydrogens is 390 g/mol. The number of allylic oxidation sites excluding steroid dienone is 2. The molecule has 0 fully saturated rings. The van der Waals surface area contributed by atoms with E-state index in [-0.39, 0.29) is 5.56 Å². The highest BCUT2D eigenvalue weighted by molar-refractivity contribution is 5.77. The predicted octanol–water partition coefficient (Wildman–Crippen LogP) is 4.89. The summed E-state index contributed by atoms with van der Waals surface area (Å²) in [5.74, 6) is 0.511. The quantitative estimate of drug-likeness (QED) is 0.570. The van der Waals surface area contributed by atoms with Crippen molar-refractivity contribution in [1.82, 2.24) is 9.36 Å². The zero-order chi connectivity index (χ0) is 22.0. The first-order valence-electron chi connectivity index (χ1n) is 10.1. The average Bonchev–Trinajstić information content (AvgIpc) is 2.97. The van der Waals surface area contributed by atoms with Crippen LogP contribution in [0.1, 0.15) is 25.1 Å². The number of aliphatic imine (C=N–C) groups is 1. The van der Waals surface area contributed by atoms with Crippen LogP contribution in [0.3, 0.4) is 0 Å². The van der Waals surface area contributed by atoms with Gasteiger partial charge in [0.25, 0.3) is 5.56 Å². The molecule has 1 aromatic heterocycles. The van der Waals surface area contributed by atoms with Crippen molar-refractivity contribution in [2.24, 2.45) is 12.0 Å². The molecule has 0 amide bonds. The van der Waals surface area contributed by atoms with Gasteiger partial charge in [0.2, 0.25) is 5.79 Å². The van der Waals surface area contributed by atoms with Crippen molar-refractivity contribution in [3.8, 4) is 5.69 Å². The molecule has 1 aliphatic heterocycles. The molecule has 158 valence electrons. The second kappa shape index (κ2) is 8.14. The van der Waals surface area contributed by atoms with Gasteiger partial charge in [-0.15, -0.1) is 0 Å². The van der Waals surface area contributed by atoms with Crippen LogP contribution in [0.15, 0.2) is 88.4 Å². The molecule has 4 rings (SSSR count). The fourth-order valence-electron chi connectivity index (χ4n) is 3.47. The van der Waals surface area contributed by atoms with E-state index in [1.165, 1.54) is 0 Å². The molecule has 0 unspecified atom stereocenters. The number of hydrogen-bond acceptors (Lipinski definition) is 4. The third-order valence-electron chi connectivity index (χ3n) is 5.02. The summed E-state index contributed by atoms with van der Waals surface area (Å²) in [6.07, 6.45) is 5.16. The van der Waals surface area contributed by atoms with Crippen molar-refractivity contribution in [3.05, 3.63) is 100 Å². The number of hydrogen-bond donors (Lipinski definition) is 0. The molecule has 2 heterocycles. The van der Waals surface area contributed by atoms with Crippen LogP contribution < -0.4 is 5.56 Å². The lowest BCUT2D eigenvalue weighted by Crippen LogP contribution is -2.30. The SMILES string of the molecule is Cc1c(N=C/C=C2/C=C(c3ccccc3)OC(C)(C)O2)c(=O)n(-c2ccccc2)n1C. The Morgan fingerprint density at radius 3 is 2.29 bits per heavy atom. The van der Waals surface area contributed by atoms with Gasteiger partial charge in [-0.25, -0.2) is 9.67 Å². The molecule has 3 aromatic rings. The molecular formula is C25H25N3O3. The lowest BCUT2D eigenvalue weighted by atomic mass is 10.1. The second-order valence-electron chi connectivity index (χ2n) is 7.74. The molecule has 0 bridgehead atoms. The van der Waals surface area contributed by atoms with E-state index in [4.69, 9.17) is 9.47 Å². The highest BCUT2D eigenvalue weighted by atomic mass is 16.7. The van der Waals surface area contributed by atoms with Crippen molar-refractivity contribution in [2.75, 3.05) is 0 Å². The number of para-hydroxylation sites is 1. The molecule has 31 heavy (non-hydrogen) atoms. The number of ether oxygens (including phenoxy) is 2. The van der Waals surface area contributed by atoms with Gasteiger partial charge in [-0.3, -0.25) is 9.48 Å². The van der Waals surface area contributed by atoms with Crippen molar-refractivity contribution in [3.63, 3.8) is 0 Å². The first-order chi connectivity index (χ1) is 14.9. The molecule has 0 saturated heterocycles. The van der Waals surface area contributed by atoms with Crippen LogP contribution in [-0.4, -0.2) is 21.4 Å². The predicted molar refractivity (Wildman–Crippen MR) is 123 cm³/mol. The van der Waals surface area contributed by atoms with Gasteiger partial charge in [0, 0.05) is 38.7 Å². The number of nitrogens with zero attached hydrogens (tertiary/aromatic N) is 3. The van der Waals surface area contributed by atoms with E-state index in [9.17, 15) is 4.79 Å². The Balaban J connectivity index is 1.67. The Morgan fingerprint density at radius 2 is 1.61 bits per heavy atom. The van der Waals surface area contributed by atoms with E-state index in [0.717, 1.165) is 22.7 Å². The molecule has 0 N–H and O–H groups in total. The van der Waals surface area contributed by atoms with Gasteiger partial charge in [0.1, 0.15) is 11.5 Å². The van der Waals surface area contributed by atoms with Gasteiger partial charge in [-0.05, 0) is 25.1 Å². The maximum Gasteiger partial charge on any atom is 0.297 e. The van der Waals surface area contributed by atoms with E-state index in [1.54, 1.807) is 21.7 Å². The van der Waals surface area contributed by atoms with Gasteiger partial charge >= 0.3 is 0 Å². The van der Waals surface area contributed by atoms with Gasteiger partial charge in [0.15, 0.2) is 5.69 Å². The Labute approximate surface area is 181 Å². The van der Waals surface area contributed by atoms with Gasteiger partial charge in [-0.2, -0.15) is 0 Å². The summed E-state index contributed by atoms with van der Waals surface area (Å²) in [4.78, 5) is 17.4. The Kier molecular flexibility index (Phi) is 5.38. The smallest absolute Gasteiger partial charge is 0.297 e. The van der Waals surface area contributed by atoms with Gasteiger partial charge in [0.05, 0.1) is 11.4 Å². The summed E-state index contributed by atoms with van der Waals surface area (Å²) in [7, 11) is 1.85. The van der Waals surface area contributed by atoms with E-state index in [0.29, 0.717) is 11.4 Å². The summed E-state index contributed by atoms with van der Waals surface area (Å²) < 4.78 is 15.3. The number of rotatable bonds is 4. The molecule has 6 nitrogen and oxygen atoms in total. The van der Waals surface area contributed by atoms with Crippen LogP contribution in [0.5, 0.6) is 0 Å². The molecule has 0 spiro atoms. The molecule has 1 aliphatic rings. The van der Waals surface area contributed by atoms with Crippen LogP contribution >= 0.6 is 0 Å². The topological polar surface area (TPSA) is 57.8 Å². The summed E-state index contributed by atoms with van der Waals surface area (Å²) in [6.45, 7) is 5.59. The zero-order valence-electron chi connectivity index (χ0n) is 18.1. The van der Waals surface area contributed by atoms with Crippen molar-refractivity contribution < 1.29 is 9.47 Å². The van der Waals surface area contributed by atoms with Crippen molar-refractivity contribution in [2.45, 2.75) is 26.6 Å². The van der Waals surface area contributed by atoms with E-state index < -0.39 is 5.79 Å². The summed E-state index contributed by atoms with van der Waals surface area (Å²) in [5.41, 5.74) is 2.75. The monoisotopic (exact) mass is 415 g/mol. The van der Waals surface area contributed by atoms with Crippen LogP contribution in [-0.2, 0) is 16.5 Å². The number of benzene rings is 2. The van der Waals surface area contributed by atoms with E-state index in [2.05, 4.69) is 4.99 Å². The van der Waals surface area contributed by atoms with Gasteiger partial charge < -0.3 is 9.47 Å². The molecule has 0 radical (unpaired) electrons. The lowest BCUT2D eigenvalue weighted by molar-refractivity contribution is -0.149. The van der Waals surface area contributed by atoms with Crippen molar-refractivity contribution in [1.29, 1.82) is 0 Å². The van der Waals surface area contributed by atoms with Crippen LogP contribution in [0, 0.1) is 6.92 Å². The third kappa shape index (κ3) is 4.23. The Bertz CT molecular complexity index is 1230. The molecule has 0 saturated carbocycles. The highest BCUT2D eigenvalue weighted by Crippen LogP contribution is 2.32. The van der Waals surface area contributed by atoms with E-state index in [1.807, 2.05) is 94.6 Å². The first kappa shape index (κ1) is 20.5. The summed E-state index contributed by atoms with van der Waals surface area (Å²) in [6, 6.07) is 19.4. The summed E-state index contributed by atoms with van der Waals surface area (Å²) >= 11 is 0. The third-order valence-corrected chi connectivity index (χ3v) is 5.02. The van der Waals surface area contributed by atoms with E-state index >= 15 is 0 Å². The van der Waals surface area contributed by atoms with Crippen LogP contribution in [0.2, 0.25) is 0 Å². The number of aromatic nitrogens is 2. The Morgan fingerprint density at radius 1 is 0.968 bits per heavy atom. The largest absolute Gasteiger partial charge is 0.453 e. The fourth-order valence-corrected chi connectivity index (χ4v) is 3.47. The second-order valence-corrected chi connectivity index (χ2v) is 7.74. The van der Waals surface area contributed by atoms with Crippen LogP contribution in [0.4, 0.5) is 5.69 Å².